The van der Waals surface area contributed by atoms with Gasteiger partial charge in [-0.1, -0.05) is 6.92 Å². The SMILES string of the molecule is CCNCc1ncoc1-c1sccc1OC. The molecule has 0 radical (unpaired) electrons. The second kappa shape index (κ2) is 5.14. The topological polar surface area (TPSA) is 47.3 Å². The maximum atomic E-state index is 5.43. The van der Waals surface area contributed by atoms with E-state index in [1.807, 2.05) is 11.4 Å². The van der Waals surface area contributed by atoms with Gasteiger partial charge in [-0.15, -0.1) is 11.3 Å². The molecule has 16 heavy (non-hydrogen) atoms. The molecule has 2 aromatic rings. The van der Waals surface area contributed by atoms with Crippen LogP contribution < -0.4 is 10.1 Å². The van der Waals surface area contributed by atoms with Crippen molar-refractivity contribution in [1.82, 2.24) is 10.3 Å². The molecule has 5 heteroatoms. The quantitative estimate of drug-likeness (QED) is 0.869. The van der Waals surface area contributed by atoms with Gasteiger partial charge in [-0.2, -0.15) is 0 Å². The summed E-state index contributed by atoms with van der Waals surface area (Å²) >= 11 is 1.59. The van der Waals surface area contributed by atoms with Crippen molar-refractivity contribution in [3.05, 3.63) is 23.5 Å². The monoisotopic (exact) mass is 238 g/mol. The first-order valence-corrected chi connectivity index (χ1v) is 5.99. The van der Waals surface area contributed by atoms with Crippen LogP contribution in [0.3, 0.4) is 0 Å². The van der Waals surface area contributed by atoms with E-state index >= 15 is 0 Å². The van der Waals surface area contributed by atoms with Gasteiger partial charge in [0.1, 0.15) is 16.3 Å². The molecule has 0 unspecified atom stereocenters. The zero-order valence-corrected chi connectivity index (χ0v) is 10.1. The molecule has 0 saturated heterocycles. The van der Waals surface area contributed by atoms with Gasteiger partial charge in [-0.05, 0) is 18.0 Å². The summed E-state index contributed by atoms with van der Waals surface area (Å²) < 4.78 is 10.7. The van der Waals surface area contributed by atoms with Crippen LogP contribution in [0.25, 0.3) is 10.6 Å². The van der Waals surface area contributed by atoms with Gasteiger partial charge in [0.15, 0.2) is 12.2 Å². The second-order valence-corrected chi connectivity index (χ2v) is 4.14. The fourth-order valence-electron chi connectivity index (χ4n) is 1.45. The number of nitrogens with zero attached hydrogens (tertiary/aromatic N) is 1. The molecular formula is C11H14N2O2S. The molecule has 2 aromatic heterocycles. The van der Waals surface area contributed by atoms with Crippen molar-refractivity contribution in [3.63, 3.8) is 0 Å². The van der Waals surface area contributed by atoms with E-state index in [4.69, 9.17) is 9.15 Å². The van der Waals surface area contributed by atoms with Crippen LogP contribution in [0.4, 0.5) is 0 Å². The van der Waals surface area contributed by atoms with E-state index in [0.29, 0.717) is 6.54 Å². The van der Waals surface area contributed by atoms with E-state index in [9.17, 15) is 0 Å². The number of hydrogen-bond acceptors (Lipinski definition) is 5. The van der Waals surface area contributed by atoms with Crippen LogP contribution in [0, 0.1) is 0 Å². The summed E-state index contributed by atoms with van der Waals surface area (Å²) in [6.07, 6.45) is 1.47. The Balaban J connectivity index is 2.29. The predicted octanol–water partition coefficient (Wildman–Crippen LogP) is 2.52. The average Bonchev–Trinajstić information content (AvgIpc) is 2.93. The molecule has 0 fully saturated rings. The Morgan fingerprint density at radius 1 is 1.56 bits per heavy atom. The first kappa shape index (κ1) is 11.2. The maximum absolute atomic E-state index is 5.43. The van der Waals surface area contributed by atoms with Gasteiger partial charge in [0.05, 0.1) is 7.11 Å². The molecule has 0 aliphatic heterocycles. The number of rotatable bonds is 5. The first-order chi connectivity index (χ1) is 7.86. The lowest BCUT2D eigenvalue weighted by molar-refractivity contribution is 0.416. The van der Waals surface area contributed by atoms with Crippen LogP contribution >= 0.6 is 11.3 Å². The second-order valence-electron chi connectivity index (χ2n) is 3.23. The Bertz CT molecular complexity index is 450. The molecule has 0 spiro atoms. The molecule has 86 valence electrons. The van der Waals surface area contributed by atoms with Crippen LogP contribution in [0.5, 0.6) is 5.75 Å². The Kier molecular flexibility index (Phi) is 3.58. The molecule has 0 aliphatic carbocycles. The lowest BCUT2D eigenvalue weighted by Gasteiger charge is -2.02. The van der Waals surface area contributed by atoms with E-state index < -0.39 is 0 Å². The van der Waals surface area contributed by atoms with Crippen molar-refractivity contribution >= 4 is 11.3 Å². The summed E-state index contributed by atoms with van der Waals surface area (Å²) in [4.78, 5) is 5.20. The Labute approximate surface area is 98.3 Å². The van der Waals surface area contributed by atoms with Crippen LogP contribution in [0.1, 0.15) is 12.6 Å². The normalized spacial score (nSPS) is 10.6. The van der Waals surface area contributed by atoms with Crippen molar-refractivity contribution in [2.24, 2.45) is 0 Å². The summed E-state index contributed by atoms with van der Waals surface area (Å²) in [5.41, 5.74) is 0.919. The van der Waals surface area contributed by atoms with Crippen molar-refractivity contribution in [1.29, 1.82) is 0 Å². The lowest BCUT2D eigenvalue weighted by atomic mass is 10.3. The minimum atomic E-state index is 0.712. The molecule has 0 amide bonds. The average molecular weight is 238 g/mol. The number of ether oxygens (including phenoxy) is 1. The summed E-state index contributed by atoms with van der Waals surface area (Å²) in [6.45, 7) is 3.68. The Hall–Kier alpha value is -1.33. The minimum Gasteiger partial charge on any atom is -0.495 e. The van der Waals surface area contributed by atoms with Crippen molar-refractivity contribution in [2.45, 2.75) is 13.5 Å². The van der Waals surface area contributed by atoms with Gasteiger partial charge in [0, 0.05) is 6.54 Å². The molecule has 2 heterocycles. The maximum Gasteiger partial charge on any atom is 0.181 e. The molecule has 1 N–H and O–H groups in total. The highest BCUT2D eigenvalue weighted by Crippen LogP contribution is 2.36. The van der Waals surface area contributed by atoms with Gasteiger partial charge in [-0.3, -0.25) is 0 Å². The van der Waals surface area contributed by atoms with E-state index in [2.05, 4.69) is 17.2 Å². The fraction of sp³-hybridized carbons (Fsp3) is 0.364. The van der Waals surface area contributed by atoms with Gasteiger partial charge in [-0.25, -0.2) is 4.98 Å². The third-order valence-electron chi connectivity index (χ3n) is 2.24. The van der Waals surface area contributed by atoms with Crippen LogP contribution in [-0.2, 0) is 6.54 Å². The van der Waals surface area contributed by atoms with Crippen molar-refractivity contribution in [3.8, 4) is 16.4 Å². The van der Waals surface area contributed by atoms with E-state index in [-0.39, 0.29) is 0 Å². The third-order valence-corrected chi connectivity index (χ3v) is 3.13. The van der Waals surface area contributed by atoms with Crippen LogP contribution in [0.15, 0.2) is 22.3 Å². The highest BCUT2D eigenvalue weighted by atomic mass is 32.1. The van der Waals surface area contributed by atoms with Crippen molar-refractivity contribution < 1.29 is 9.15 Å². The number of oxazole rings is 1. The predicted molar refractivity (Wildman–Crippen MR) is 63.7 cm³/mol. The molecule has 0 bridgehead atoms. The minimum absolute atomic E-state index is 0.712. The molecule has 2 rings (SSSR count). The zero-order valence-electron chi connectivity index (χ0n) is 9.32. The third kappa shape index (κ3) is 2.10. The number of hydrogen-bond donors (Lipinski definition) is 1. The van der Waals surface area contributed by atoms with E-state index in [1.165, 1.54) is 6.39 Å². The molecule has 4 nitrogen and oxygen atoms in total. The first-order valence-electron chi connectivity index (χ1n) is 5.11. The lowest BCUT2D eigenvalue weighted by Crippen LogP contribution is -2.12. The smallest absolute Gasteiger partial charge is 0.181 e. The van der Waals surface area contributed by atoms with Gasteiger partial charge >= 0.3 is 0 Å². The number of aromatic nitrogens is 1. The van der Waals surface area contributed by atoms with Crippen molar-refractivity contribution in [2.75, 3.05) is 13.7 Å². The molecule has 0 aromatic carbocycles. The summed E-state index contributed by atoms with van der Waals surface area (Å²) in [7, 11) is 1.66. The van der Waals surface area contributed by atoms with Crippen LogP contribution in [-0.4, -0.2) is 18.6 Å². The number of thiophene rings is 1. The van der Waals surface area contributed by atoms with E-state index in [1.54, 1.807) is 18.4 Å². The van der Waals surface area contributed by atoms with E-state index in [0.717, 1.165) is 28.6 Å². The molecule has 0 atom stereocenters. The zero-order chi connectivity index (χ0) is 11.4. The largest absolute Gasteiger partial charge is 0.495 e. The molecule has 0 aliphatic rings. The standard InChI is InChI=1S/C11H14N2O2S/c1-3-12-6-8-10(15-7-13-8)11-9(14-2)4-5-16-11/h4-5,7,12H,3,6H2,1-2H3. The summed E-state index contributed by atoms with van der Waals surface area (Å²) in [5, 5.41) is 5.21. The molecular weight excluding hydrogens is 224 g/mol. The van der Waals surface area contributed by atoms with Gasteiger partial charge in [0.25, 0.3) is 0 Å². The number of nitrogens with one attached hydrogen (secondary N) is 1. The number of methoxy groups -OCH3 is 1. The molecule has 0 saturated carbocycles. The highest BCUT2D eigenvalue weighted by Gasteiger charge is 2.16. The highest BCUT2D eigenvalue weighted by molar-refractivity contribution is 7.14. The fourth-order valence-corrected chi connectivity index (χ4v) is 2.32. The Morgan fingerprint density at radius 3 is 3.19 bits per heavy atom. The van der Waals surface area contributed by atoms with Crippen LogP contribution in [0.2, 0.25) is 0 Å². The summed E-state index contributed by atoms with van der Waals surface area (Å²) in [5.74, 6) is 1.63. The summed E-state index contributed by atoms with van der Waals surface area (Å²) in [6, 6.07) is 1.93. The Morgan fingerprint density at radius 2 is 2.44 bits per heavy atom. The van der Waals surface area contributed by atoms with Gasteiger partial charge in [0.2, 0.25) is 0 Å². The van der Waals surface area contributed by atoms with Gasteiger partial charge < -0.3 is 14.5 Å².